The van der Waals surface area contributed by atoms with Crippen LogP contribution in [0.25, 0.3) is 0 Å². The molecule has 0 saturated heterocycles. The van der Waals surface area contributed by atoms with Gasteiger partial charge >= 0.3 is 11.7 Å². The second kappa shape index (κ2) is 3.91. The maximum Gasteiger partial charge on any atom is 0.340 e. The topological polar surface area (TPSA) is 89.7 Å². The van der Waals surface area contributed by atoms with Crippen molar-refractivity contribution in [3.63, 3.8) is 0 Å². The van der Waals surface area contributed by atoms with Gasteiger partial charge in [-0.3, -0.25) is 10.1 Å². The Kier molecular flexibility index (Phi) is 2.84. The standard InChI is InChI=1S/C8H6FNO5/c1-15-8(12)4-2-7(11)6(10(13)14)3-5(4)9/h2-3,11H,1H3. The van der Waals surface area contributed by atoms with Crippen molar-refractivity contribution in [1.82, 2.24) is 0 Å². The fourth-order valence-corrected chi connectivity index (χ4v) is 0.964. The molecule has 7 heteroatoms. The van der Waals surface area contributed by atoms with Gasteiger partial charge in [-0.15, -0.1) is 0 Å². The molecule has 0 aliphatic carbocycles. The number of nitrogens with zero attached hydrogens (tertiary/aromatic N) is 1. The molecule has 0 unspecified atom stereocenters. The maximum absolute atomic E-state index is 13.1. The lowest BCUT2D eigenvalue weighted by atomic mass is 10.2. The van der Waals surface area contributed by atoms with Crippen molar-refractivity contribution in [2.75, 3.05) is 7.11 Å². The molecule has 0 aliphatic rings. The molecule has 1 N–H and O–H groups in total. The lowest BCUT2D eigenvalue weighted by Gasteiger charge is -2.02. The van der Waals surface area contributed by atoms with Gasteiger partial charge in [-0.2, -0.15) is 0 Å². The summed E-state index contributed by atoms with van der Waals surface area (Å²) in [6.07, 6.45) is 0. The summed E-state index contributed by atoms with van der Waals surface area (Å²) >= 11 is 0. The number of halogens is 1. The Labute approximate surface area is 83.0 Å². The van der Waals surface area contributed by atoms with Gasteiger partial charge in [0.2, 0.25) is 0 Å². The van der Waals surface area contributed by atoms with Crippen molar-refractivity contribution in [1.29, 1.82) is 0 Å². The van der Waals surface area contributed by atoms with E-state index < -0.39 is 33.7 Å². The van der Waals surface area contributed by atoms with Crippen molar-refractivity contribution in [3.05, 3.63) is 33.6 Å². The van der Waals surface area contributed by atoms with Crippen LogP contribution in [-0.2, 0) is 4.74 Å². The Morgan fingerprint density at radius 3 is 2.67 bits per heavy atom. The zero-order valence-electron chi connectivity index (χ0n) is 7.56. The quantitative estimate of drug-likeness (QED) is 0.455. The van der Waals surface area contributed by atoms with Gasteiger partial charge in [-0.25, -0.2) is 9.18 Å². The van der Waals surface area contributed by atoms with Crippen molar-refractivity contribution in [3.8, 4) is 5.75 Å². The summed E-state index contributed by atoms with van der Waals surface area (Å²) < 4.78 is 17.3. The van der Waals surface area contributed by atoms with E-state index in [4.69, 9.17) is 5.11 Å². The molecule has 0 aromatic heterocycles. The summed E-state index contributed by atoms with van der Waals surface area (Å²) in [5.41, 5.74) is -1.36. The van der Waals surface area contributed by atoms with Gasteiger partial charge in [-0.1, -0.05) is 0 Å². The number of carbonyl (C=O) groups excluding carboxylic acids is 1. The average Bonchev–Trinajstić information content (AvgIpc) is 2.19. The summed E-state index contributed by atoms with van der Waals surface area (Å²) in [5, 5.41) is 19.4. The molecule has 15 heavy (non-hydrogen) atoms. The molecule has 80 valence electrons. The Morgan fingerprint density at radius 2 is 2.20 bits per heavy atom. The number of nitro groups is 1. The fraction of sp³-hybridized carbons (Fsp3) is 0.125. The molecule has 1 aromatic rings. The third-order valence-corrected chi connectivity index (χ3v) is 1.67. The van der Waals surface area contributed by atoms with E-state index in [-0.39, 0.29) is 0 Å². The van der Waals surface area contributed by atoms with Crippen molar-refractivity contribution < 1.29 is 24.0 Å². The van der Waals surface area contributed by atoms with E-state index in [9.17, 15) is 19.3 Å². The summed E-state index contributed by atoms with van der Waals surface area (Å²) in [6, 6.07) is 1.11. The molecule has 0 fully saturated rings. The summed E-state index contributed by atoms with van der Waals surface area (Å²) in [7, 11) is 1.03. The van der Waals surface area contributed by atoms with E-state index in [1.165, 1.54) is 0 Å². The molecule has 0 spiro atoms. The third kappa shape index (κ3) is 2.01. The number of carbonyl (C=O) groups is 1. The van der Waals surface area contributed by atoms with E-state index >= 15 is 0 Å². The Bertz CT molecular complexity index is 431. The van der Waals surface area contributed by atoms with Gasteiger partial charge in [-0.05, 0) is 0 Å². The number of ether oxygens (including phenoxy) is 1. The normalized spacial score (nSPS) is 9.73. The van der Waals surface area contributed by atoms with Crippen LogP contribution in [0.15, 0.2) is 12.1 Å². The van der Waals surface area contributed by atoms with Crippen molar-refractivity contribution in [2.45, 2.75) is 0 Å². The van der Waals surface area contributed by atoms with Crippen LogP contribution < -0.4 is 0 Å². The molecule has 0 heterocycles. The molecule has 0 amide bonds. The van der Waals surface area contributed by atoms with E-state index in [2.05, 4.69) is 4.74 Å². The van der Waals surface area contributed by atoms with E-state index in [1.807, 2.05) is 0 Å². The predicted octanol–water partition coefficient (Wildman–Crippen LogP) is 1.23. The maximum atomic E-state index is 13.1. The van der Waals surface area contributed by atoms with Crippen LogP contribution in [0.5, 0.6) is 5.75 Å². The number of phenols is 1. The van der Waals surface area contributed by atoms with Crippen LogP contribution in [0.3, 0.4) is 0 Å². The van der Waals surface area contributed by atoms with Crippen LogP contribution in [0.4, 0.5) is 10.1 Å². The first kappa shape index (κ1) is 10.9. The van der Waals surface area contributed by atoms with Crippen LogP contribution in [0.1, 0.15) is 10.4 Å². The number of esters is 1. The number of rotatable bonds is 2. The second-order valence-corrected chi connectivity index (χ2v) is 2.57. The number of nitro benzene ring substituents is 1. The highest BCUT2D eigenvalue weighted by atomic mass is 19.1. The molecule has 6 nitrogen and oxygen atoms in total. The first-order valence-electron chi connectivity index (χ1n) is 3.72. The minimum atomic E-state index is -1.12. The molecule has 0 radical (unpaired) electrons. The lowest BCUT2D eigenvalue weighted by Crippen LogP contribution is -2.05. The predicted molar refractivity (Wildman–Crippen MR) is 46.1 cm³/mol. The monoisotopic (exact) mass is 215 g/mol. The first-order chi connectivity index (χ1) is 6.97. The molecule has 1 rings (SSSR count). The zero-order chi connectivity index (χ0) is 11.6. The van der Waals surface area contributed by atoms with Crippen LogP contribution >= 0.6 is 0 Å². The minimum absolute atomic E-state index is 0.460. The van der Waals surface area contributed by atoms with Gasteiger partial charge in [0.1, 0.15) is 5.82 Å². The van der Waals surface area contributed by atoms with E-state index in [1.54, 1.807) is 0 Å². The van der Waals surface area contributed by atoms with Gasteiger partial charge < -0.3 is 9.84 Å². The Balaban J connectivity index is 3.31. The molecule has 1 aromatic carbocycles. The molecular formula is C8H6FNO5. The van der Waals surface area contributed by atoms with E-state index in [0.29, 0.717) is 12.1 Å². The number of methoxy groups -OCH3 is 1. The highest BCUT2D eigenvalue weighted by Gasteiger charge is 2.21. The van der Waals surface area contributed by atoms with Crippen LogP contribution in [0.2, 0.25) is 0 Å². The zero-order valence-corrected chi connectivity index (χ0v) is 7.56. The number of phenolic OH excluding ortho intramolecular Hbond substituents is 1. The SMILES string of the molecule is COC(=O)c1cc(O)c([N+](=O)[O-])cc1F. The Hall–Kier alpha value is -2.18. The minimum Gasteiger partial charge on any atom is -0.502 e. The average molecular weight is 215 g/mol. The lowest BCUT2D eigenvalue weighted by molar-refractivity contribution is -0.386. The summed E-state index contributed by atoms with van der Waals surface area (Å²) in [6.45, 7) is 0. The molecule has 0 atom stereocenters. The molecular weight excluding hydrogens is 209 g/mol. The fourth-order valence-electron chi connectivity index (χ4n) is 0.964. The third-order valence-electron chi connectivity index (χ3n) is 1.67. The molecule has 0 saturated carbocycles. The second-order valence-electron chi connectivity index (χ2n) is 2.57. The van der Waals surface area contributed by atoms with Gasteiger partial charge in [0.25, 0.3) is 0 Å². The van der Waals surface area contributed by atoms with Gasteiger partial charge in [0.15, 0.2) is 5.75 Å². The number of benzene rings is 1. The van der Waals surface area contributed by atoms with Crippen molar-refractivity contribution >= 4 is 11.7 Å². The number of hydrogen-bond donors (Lipinski definition) is 1. The van der Waals surface area contributed by atoms with E-state index in [0.717, 1.165) is 7.11 Å². The Morgan fingerprint density at radius 1 is 1.60 bits per heavy atom. The summed E-state index contributed by atoms with van der Waals surface area (Å²) in [4.78, 5) is 20.3. The van der Waals surface area contributed by atoms with Crippen LogP contribution in [-0.4, -0.2) is 23.1 Å². The van der Waals surface area contributed by atoms with Gasteiger partial charge in [0, 0.05) is 6.07 Å². The number of hydrogen-bond acceptors (Lipinski definition) is 5. The number of aromatic hydroxyl groups is 1. The van der Waals surface area contributed by atoms with Crippen molar-refractivity contribution in [2.24, 2.45) is 0 Å². The summed E-state index contributed by atoms with van der Waals surface area (Å²) in [5.74, 6) is -2.93. The van der Waals surface area contributed by atoms with Gasteiger partial charge in [0.05, 0.1) is 23.7 Å². The first-order valence-corrected chi connectivity index (χ1v) is 3.72. The highest BCUT2D eigenvalue weighted by Crippen LogP contribution is 2.28. The smallest absolute Gasteiger partial charge is 0.340 e. The largest absolute Gasteiger partial charge is 0.502 e. The highest BCUT2D eigenvalue weighted by molar-refractivity contribution is 5.90. The molecule has 0 aliphatic heterocycles. The molecule has 0 bridgehead atoms. The van der Waals surface area contributed by atoms with Crippen LogP contribution in [0, 0.1) is 15.9 Å².